The Morgan fingerprint density at radius 1 is 0.947 bits per heavy atom. The molecule has 0 bridgehead atoms. The Hall–Kier alpha value is -2.09. The van der Waals surface area contributed by atoms with Gasteiger partial charge in [-0.25, -0.2) is 0 Å². The number of carbonyl (C=O) groups excluding carboxylic acids is 1. The van der Waals surface area contributed by atoms with Crippen LogP contribution in [-0.4, -0.2) is 5.78 Å². The second kappa shape index (κ2) is 5.27. The van der Waals surface area contributed by atoms with E-state index in [4.69, 9.17) is 5.73 Å². The molecule has 0 atom stereocenters. The quantitative estimate of drug-likeness (QED) is 0.670. The Labute approximate surface area is 114 Å². The van der Waals surface area contributed by atoms with Crippen molar-refractivity contribution in [2.75, 3.05) is 5.73 Å². The third kappa shape index (κ3) is 3.02. The molecule has 0 fully saturated rings. The van der Waals surface area contributed by atoms with Crippen LogP contribution in [0.1, 0.15) is 32.6 Å². The summed E-state index contributed by atoms with van der Waals surface area (Å²) in [7, 11) is 0. The van der Waals surface area contributed by atoms with Gasteiger partial charge in [-0.15, -0.1) is 0 Å². The molecule has 0 unspecified atom stereocenters. The minimum Gasteiger partial charge on any atom is -0.399 e. The Morgan fingerprint density at radius 2 is 1.68 bits per heavy atom. The molecule has 19 heavy (non-hydrogen) atoms. The fraction of sp³-hybridized carbons (Fsp3) is 0.235. The molecule has 0 saturated heterocycles. The minimum atomic E-state index is 0.140. The van der Waals surface area contributed by atoms with Gasteiger partial charge >= 0.3 is 0 Å². The van der Waals surface area contributed by atoms with Crippen LogP contribution in [0.3, 0.4) is 0 Å². The zero-order chi connectivity index (χ0) is 14.0. The van der Waals surface area contributed by atoms with Gasteiger partial charge in [0, 0.05) is 17.7 Å². The number of Topliss-reactive ketones (excluding diaryl/α,β-unsaturated/α-hetero) is 1. The van der Waals surface area contributed by atoms with E-state index >= 15 is 0 Å². The van der Waals surface area contributed by atoms with Crippen molar-refractivity contribution in [2.24, 2.45) is 0 Å². The normalized spacial score (nSPS) is 10.5. The number of anilines is 1. The van der Waals surface area contributed by atoms with Crippen molar-refractivity contribution >= 4 is 11.5 Å². The molecule has 2 N–H and O–H groups in total. The van der Waals surface area contributed by atoms with Crippen LogP contribution in [0, 0.1) is 20.8 Å². The van der Waals surface area contributed by atoms with Gasteiger partial charge in [-0.05, 0) is 61.2 Å². The van der Waals surface area contributed by atoms with Crippen molar-refractivity contribution in [1.29, 1.82) is 0 Å². The molecule has 2 nitrogen and oxygen atoms in total. The van der Waals surface area contributed by atoms with E-state index in [-0.39, 0.29) is 5.78 Å². The fourth-order valence-electron chi connectivity index (χ4n) is 2.19. The predicted octanol–water partition coefficient (Wildman–Crippen LogP) is 3.62. The summed E-state index contributed by atoms with van der Waals surface area (Å²) in [5.41, 5.74) is 11.6. The highest BCUT2D eigenvalue weighted by Gasteiger charge is 2.10. The van der Waals surface area contributed by atoms with Crippen molar-refractivity contribution in [2.45, 2.75) is 27.2 Å². The standard InChI is InChI=1S/C17H19NO/c1-11-4-5-14(8-12(11)2)10-17(19)16-7-6-15(18)9-13(16)3/h4-9H,10,18H2,1-3H3. The monoisotopic (exact) mass is 253 g/mol. The van der Waals surface area contributed by atoms with E-state index in [1.807, 2.05) is 25.1 Å². The van der Waals surface area contributed by atoms with Gasteiger partial charge in [0.2, 0.25) is 0 Å². The maximum atomic E-state index is 12.3. The van der Waals surface area contributed by atoms with Crippen LogP contribution in [0.15, 0.2) is 36.4 Å². The van der Waals surface area contributed by atoms with E-state index in [0.717, 1.165) is 16.7 Å². The average Bonchev–Trinajstić information content (AvgIpc) is 2.33. The molecule has 0 amide bonds. The highest BCUT2D eigenvalue weighted by atomic mass is 16.1. The molecule has 0 spiro atoms. The average molecular weight is 253 g/mol. The number of rotatable bonds is 3. The second-order valence-corrected chi connectivity index (χ2v) is 5.09. The first-order valence-corrected chi connectivity index (χ1v) is 6.43. The molecule has 2 heteroatoms. The summed E-state index contributed by atoms with van der Waals surface area (Å²) in [5, 5.41) is 0. The van der Waals surface area contributed by atoms with Gasteiger partial charge in [0.25, 0.3) is 0 Å². The second-order valence-electron chi connectivity index (χ2n) is 5.09. The lowest BCUT2D eigenvalue weighted by Gasteiger charge is -2.08. The molecule has 2 aromatic rings. The lowest BCUT2D eigenvalue weighted by Crippen LogP contribution is -2.06. The maximum absolute atomic E-state index is 12.3. The molecule has 0 aromatic heterocycles. The van der Waals surface area contributed by atoms with Gasteiger partial charge in [-0.2, -0.15) is 0 Å². The molecule has 2 rings (SSSR count). The minimum absolute atomic E-state index is 0.140. The van der Waals surface area contributed by atoms with Crippen molar-refractivity contribution in [1.82, 2.24) is 0 Å². The summed E-state index contributed by atoms with van der Waals surface area (Å²) in [6.45, 7) is 6.06. The molecule has 0 aliphatic rings. The number of hydrogen-bond acceptors (Lipinski definition) is 2. The number of nitrogen functional groups attached to an aromatic ring is 1. The summed E-state index contributed by atoms with van der Waals surface area (Å²) in [5.74, 6) is 0.140. The van der Waals surface area contributed by atoms with Crippen LogP contribution < -0.4 is 5.73 Å². The van der Waals surface area contributed by atoms with Gasteiger partial charge in [0.05, 0.1) is 0 Å². The van der Waals surface area contributed by atoms with E-state index in [1.165, 1.54) is 11.1 Å². The highest BCUT2D eigenvalue weighted by Crippen LogP contribution is 2.17. The largest absolute Gasteiger partial charge is 0.399 e. The van der Waals surface area contributed by atoms with Crippen molar-refractivity contribution < 1.29 is 4.79 Å². The Balaban J connectivity index is 2.23. The third-order valence-electron chi connectivity index (χ3n) is 3.49. The SMILES string of the molecule is Cc1ccc(CC(=O)c2ccc(N)cc2C)cc1C. The van der Waals surface area contributed by atoms with E-state index < -0.39 is 0 Å². The van der Waals surface area contributed by atoms with Crippen molar-refractivity contribution in [3.05, 3.63) is 64.2 Å². The predicted molar refractivity (Wildman–Crippen MR) is 79.5 cm³/mol. The van der Waals surface area contributed by atoms with Gasteiger partial charge in [-0.1, -0.05) is 18.2 Å². The molecular formula is C17H19NO. The molecule has 2 aromatic carbocycles. The van der Waals surface area contributed by atoms with Crippen LogP contribution >= 0.6 is 0 Å². The van der Waals surface area contributed by atoms with E-state index in [0.29, 0.717) is 12.1 Å². The summed E-state index contributed by atoms with van der Waals surface area (Å²) in [6, 6.07) is 11.6. The number of aryl methyl sites for hydroxylation is 3. The van der Waals surface area contributed by atoms with Crippen LogP contribution in [-0.2, 0) is 6.42 Å². The number of carbonyl (C=O) groups is 1. The van der Waals surface area contributed by atoms with Crippen LogP contribution in [0.2, 0.25) is 0 Å². The topological polar surface area (TPSA) is 43.1 Å². The Morgan fingerprint density at radius 3 is 2.32 bits per heavy atom. The summed E-state index contributed by atoms with van der Waals surface area (Å²) >= 11 is 0. The Kier molecular flexibility index (Phi) is 3.70. The lowest BCUT2D eigenvalue weighted by atomic mass is 9.97. The molecular weight excluding hydrogens is 234 g/mol. The van der Waals surface area contributed by atoms with Crippen LogP contribution in [0.25, 0.3) is 0 Å². The highest BCUT2D eigenvalue weighted by molar-refractivity contribution is 5.99. The number of benzene rings is 2. The van der Waals surface area contributed by atoms with E-state index in [9.17, 15) is 4.79 Å². The number of nitrogens with two attached hydrogens (primary N) is 1. The van der Waals surface area contributed by atoms with Crippen molar-refractivity contribution in [3.63, 3.8) is 0 Å². The van der Waals surface area contributed by atoms with E-state index in [2.05, 4.69) is 26.0 Å². The summed E-state index contributed by atoms with van der Waals surface area (Å²) < 4.78 is 0. The molecule has 0 radical (unpaired) electrons. The smallest absolute Gasteiger partial charge is 0.167 e. The zero-order valence-corrected chi connectivity index (χ0v) is 11.7. The molecule has 98 valence electrons. The van der Waals surface area contributed by atoms with Crippen molar-refractivity contribution in [3.8, 4) is 0 Å². The molecule has 0 aliphatic heterocycles. The third-order valence-corrected chi connectivity index (χ3v) is 3.49. The van der Waals surface area contributed by atoms with Gasteiger partial charge in [0.15, 0.2) is 5.78 Å². The van der Waals surface area contributed by atoms with Gasteiger partial charge < -0.3 is 5.73 Å². The van der Waals surface area contributed by atoms with Crippen LogP contribution in [0.5, 0.6) is 0 Å². The van der Waals surface area contributed by atoms with E-state index in [1.54, 1.807) is 6.07 Å². The lowest BCUT2D eigenvalue weighted by molar-refractivity contribution is 0.0992. The fourth-order valence-corrected chi connectivity index (χ4v) is 2.19. The summed E-state index contributed by atoms with van der Waals surface area (Å²) in [6.07, 6.45) is 0.436. The van der Waals surface area contributed by atoms with Gasteiger partial charge in [-0.3, -0.25) is 4.79 Å². The Bertz CT molecular complexity index is 629. The number of hydrogen-bond donors (Lipinski definition) is 1. The molecule has 0 saturated carbocycles. The van der Waals surface area contributed by atoms with Crippen LogP contribution in [0.4, 0.5) is 5.69 Å². The zero-order valence-electron chi connectivity index (χ0n) is 11.7. The molecule has 0 heterocycles. The first kappa shape index (κ1) is 13.3. The first-order valence-electron chi connectivity index (χ1n) is 6.43. The maximum Gasteiger partial charge on any atom is 0.167 e. The summed E-state index contributed by atoms with van der Waals surface area (Å²) in [4.78, 5) is 12.3. The first-order chi connectivity index (χ1) is 8.97. The number of ketones is 1. The molecule has 0 aliphatic carbocycles. The van der Waals surface area contributed by atoms with Gasteiger partial charge in [0.1, 0.15) is 0 Å².